The van der Waals surface area contributed by atoms with Gasteiger partial charge in [0.1, 0.15) is 0 Å². The van der Waals surface area contributed by atoms with Crippen LogP contribution in [0.1, 0.15) is 56.4 Å². The molecular formula is C17H25Cl2NO. The Balaban J connectivity index is 1.99. The molecule has 0 radical (unpaired) electrons. The van der Waals surface area contributed by atoms with Gasteiger partial charge < -0.3 is 10.8 Å². The number of nitrogens with two attached hydrogens (primary N) is 1. The van der Waals surface area contributed by atoms with E-state index in [4.69, 9.17) is 28.9 Å². The molecule has 2 unspecified atom stereocenters. The minimum absolute atomic E-state index is 0.185. The zero-order valence-corrected chi connectivity index (χ0v) is 13.9. The van der Waals surface area contributed by atoms with Crippen molar-refractivity contribution < 1.29 is 5.11 Å². The maximum absolute atomic E-state index is 10.5. The van der Waals surface area contributed by atoms with Gasteiger partial charge in [-0.25, -0.2) is 0 Å². The zero-order chi connectivity index (χ0) is 15.2. The molecule has 1 aromatic carbocycles. The van der Waals surface area contributed by atoms with Gasteiger partial charge in [0.25, 0.3) is 0 Å². The second kappa shape index (κ2) is 8.38. The lowest BCUT2D eigenvalue weighted by Crippen LogP contribution is -2.27. The Kier molecular flexibility index (Phi) is 6.81. The molecular weight excluding hydrogens is 305 g/mol. The van der Waals surface area contributed by atoms with E-state index in [0.29, 0.717) is 16.6 Å². The van der Waals surface area contributed by atoms with Crippen molar-refractivity contribution in [3.05, 3.63) is 33.8 Å². The topological polar surface area (TPSA) is 46.2 Å². The molecule has 0 heterocycles. The second-order valence-corrected chi connectivity index (χ2v) is 6.94. The number of halogens is 2. The van der Waals surface area contributed by atoms with Gasteiger partial charge in [0.15, 0.2) is 0 Å². The lowest BCUT2D eigenvalue weighted by Gasteiger charge is -2.27. The monoisotopic (exact) mass is 329 g/mol. The quantitative estimate of drug-likeness (QED) is 0.790. The molecule has 118 valence electrons. The van der Waals surface area contributed by atoms with Crippen molar-refractivity contribution in [3.63, 3.8) is 0 Å². The highest BCUT2D eigenvalue weighted by Gasteiger charge is 2.25. The van der Waals surface area contributed by atoms with Crippen molar-refractivity contribution >= 4 is 23.2 Å². The second-order valence-electron chi connectivity index (χ2n) is 6.13. The van der Waals surface area contributed by atoms with Crippen LogP contribution in [-0.4, -0.2) is 17.8 Å². The maximum atomic E-state index is 10.5. The normalized spacial score (nSPS) is 19.4. The van der Waals surface area contributed by atoms with Gasteiger partial charge >= 0.3 is 0 Å². The first-order chi connectivity index (χ1) is 10.1. The molecule has 21 heavy (non-hydrogen) atoms. The van der Waals surface area contributed by atoms with E-state index < -0.39 is 6.10 Å². The molecule has 1 aromatic rings. The summed E-state index contributed by atoms with van der Waals surface area (Å²) in [6.07, 6.45) is 7.98. The van der Waals surface area contributed by atoms with Crippen LogP contribution < -0.4 is 5.73 Å². The Morgan fingerprint density at radius 1 is 1.14 bits per heavy atom. The van der Waals surface area contributed by atoms with Crippen LogP contribution in [-0.2, 0) is 0 Å². The average molecular weight is 330 g/mol. The predicted molar refractivity (Wildman–Crippen MR) is 90.1 cm³/mol. The lowest BCUT2D eigenvalue weighted by molar-refractivity contribution is 0.123. The average Bonchev–Trinajstić information content (AvgIpc) is 2.50. The maximum Gasteiger partial charge on any atom is 0.0622 e. The van der Waals surface area contributed by atoms with Crippen LogP contribution in [0.4, 0.5) is 0 Å². The number of rotatable bonds is 6. The molecule has 0 amide bonds. The molecule has 1 fully saturated rings. The molecule has 0 spiro atoms. The summed E-state index contributed by atoms with van der Waals surface area (Å²) in [7, 11) is 0. The number of hydrogen-bond acceptors (Lipinski definition) is 2. The summed E-state index contributed by atoms with van der Waals surface area (Å²) in [5.74, 6) is 0.573. The molecule has 4 heteroatoms. The molecule has 2 rings (SSSR count). The smallest absolute Gasteiger partial charge is 0.0622 e. The van der Waals surface area contributed by atoms with Crippen molar-refractivity contribution in [1.82, 2.24) is 0 Å². The van der Waals surface area contributed by atoms with Crippen molar-refractivity contribution in [2.75, 3.05) is 6.54 Å². The van der Waals surface area contributed by atoms with E-state index >= 15 is 0 Å². The van der Waals surface area contributed by atoms with E-state index in [1.165, 1.54) is 32.1 Å². The van der Waals surface area contributed by atoms with E-state index in [2.05, 4.69) is 0 Å². The molecule has 0 saturated heterocycles. The Bertz CT molecular complexity index is 426. The molecule has 1 aliphatic carbocycles. The van der Waals surface area contributed by atoms with Gasteiger partial charge in [0.2, 0.25) is 0 Å². The summed E-state index contributed by atoms with van der Waals surface area (Å²) in [4.78, 5) is 0. The van der Waals surface area contributed by atoms with E-state index in [1.807, 2.05) is 6.07 Å². The molecule has 0 aliphatic heterocycles. The molecule has 1 aliphatic rings. The van der Waals surface area contributed by atoms with Crippen molar-refractivity contribution in [3.8, 4) is 0 Å². The van der Waals surface area contributed by atoms with Crippen LogP contribution in [0, 0.1) is 5.92 Å². The van der Waals surface area contributed by atoms with Gasteiger partial charge in [0.05, 0.1) is 6.10 Å². The highest BCUT2D eigenvalue weighted by atomic mass is 35.5. The fourth-order valence-electron chi connectivity index (χ4n) is 3.42. The Morgan fingerprint density at radius 2 is 1.76 bits per heavy atom. The SMILES string of the molecule is NCC(c1c(Cl)cccc1Cl)C(O)CCC1CCCCC1. The van der Waals surface area contributed by atoms with E-state index in [9.17, 15) is 5.11 Å². The van der Waals surface area contributed by atoms with Crippen LogP contribution in [0.2, 0.25) is 10.0 Å². The first-order valence-corrected chi connectivity index (χ1v) is 8.71. The van der Waals surface area contributed by atoms with Crippen molar-refractivity contribution in [1.29, 1.82) is 0 Å². The number of aliphatic hydroxyl groups is 1. The Labute approximate surface area is 137 Å². The van der Waals surface area contributed by atoms with E-state index in [-0.39, 0.29) is 5.92 Å². The molecule has 3 N–H and O–H groups in total. The predicted octanol–water partition coefficient (Wildman–Crippen LogP) is 4.76. The number of benzene rings is 1. The summed E-state index contributed by atoms with van der Waals surface area (Å²) in [6, 6.07) is 5.43. The lowest BCUT2D eigenvalue weighted by atomic mass is 9.83. The minimum atomic E-state index is -0.477. The summed E-state index contributed by atoms with van der Waals surface area (Å²) in [5, 5.41) is 11.7. The van der Waals surface area contributed by atoms with Crippen LogP contribution in [0.3, 0.4) is 0 Å². The molecule has 0 aromatic heterocycles. The summed E-state index contributed by atoms with van der Waals surface area (Å²) in [6.45, 7) is 0.356. The molecule has 2 atom stereocenters. The summed E-state index contributed by atoms with van der Waals surface area (Å²) < 4.78 is 0. The van der Waals surface area contributed by atoms with Gasteiger partial charge in [-0.05, 0) is 36.5 Å². The number of aliphatic hydroxyl groups excluding tert-OH is 1. The third-order valence-electron chi connectivity index (χ3n) is 4.68. The Hall–Kier alpha value is -0.280. The molecule has 0 bridgehead atoms. The fourth-order valence-corrected chi connectivity index (χ4v) is 4.09. The first-order valence-electron chi connectivity index (χ1n) is 7.95. The highest BCUT2D eigenvalue weighted by Crippen LogP contribution is 2.35. The van der Waals surface area contributed by atoms with E-state index in [0.717, 1.165) is 24.3 Å². The first kappa shape index (κ1) is 17.1. The van der Waals surface area contributed by atoms with Gasteiger partial charge in [-0.3, -0.25) is 0 Å². The highest BCUT2D eigenvalue weighted by molar-refractivity contribution is 6.36. The van der Waals surface area contributed by atoms with Crippen molar-refractivity contribution in [2.24, 2.45) is 11.7 Å². The van der Waals surface area contributed by atoms with Gasteiger partial charge in [-0.1, -0.05) is 61.4 Å². The summed E-state index contributed by atoms with van der Waals surface area (Å²) in [5.41, 5.74) is 6.67. The van der Waals surface area contributed by atoms with Gasteiger partial charge in [0, 0.05) is 22.5 Å². The zero-order valence-electron chi connectivity index (χ0n) is 12.4. The number of hydrogen-bond donors (Lipinski definition) is 2. The largest absolute Gasteiger partial charge is 0.392 e. The minimum Gasteiger partial charge on any atom is -0.392 e. The standard InChI is InChI=1S/C17H25Cl2NO/c18-14-7-4-8-15(19)17(14)13(11-20)16(21)10-9-12-5-2-1-3-6-12/h4,7-8,12-13,16,21H,1-3,5-6,9-11,20H2. The summed E-state index contributed by atoms with van der Waals surface area (Å²) >= 11 is 12.5. The van der Waals surface area contributed by atoms with E-state index in [1.54, 1.807) is 12.1 Å². The third-order valence-corrected chi connectivity index (χ3v) is 5.34. The van der Waals surface area contributed by atoms with Crippen molar-refractivity contribution in [2.45, 2.75) is 57.0 Å². The van der Waals surface area contributed by atoms with Gasteiger partial charge in [-0.2, -0.15) is 0 Å². The molecule has 1 saturated carbocycles. The van der Waals surface area contributed by atoms with Crippen LogP contribution >= 0.6 is 23.2 Å². The third kappa shape index (κ3) is 4.59. The fraction of sp³-hybridized carbons (Fsp3) is 0.647. The van der Waals surface area contributed by atoms with Crippen LogP contribution in [0.25, 0.3) is 0 Å². The Morgan fingerprint density at radius 3 is 2.33 bits per heavy atom. The van der Waals surface area contributed by atoms with Crippen LogP contribution in [0.15, 0.2) is 18.2 Å². The van der Waals surface area contributed by atoms with Crippen LogP contribution in [0.5, 0.6) is 0 Å². The van der Waals surface area contributed by atoms with Gasteiger partial charge in [-0.15, -0.1) is 0 Å². The molecule has 2 nitrogen and oxygen atoms in total.